The van der Waals surface area contributed by atoms with Gasteiger partial charge in [-0.05, 0) is 36.5 Å². The van der Waals surface area contributed by atoms with E-state index < -0.39 is 17.9 Å². The van der Waals surface area contributed by atoms with Crippen LogP contribution in [0, 0.1) is 0 Å². The molecule has 4 heteroatoms. The average Bonchev–Trinajstić information content (AvgIpc) is 2.61. The number of Topliss-reactive ketones (excluding diaryl/α,β-unsaturated/α-hetero) is 1. The molecule has 0 spiro atoms. The highest BCUT2D eigenvalue weighted by atomic mass is 16.5. The zero-order valence-electron chi connectivity index (χ0n) is 13.8. The van der Waals surface area contributed by atoms with Crippen LogP contribution in [0.4, 0.5) is 0 Å². The first kappa shape index (κ1) is 17.9. The molecule has 0 bridgehead atoms. The van der Waals surface area contributed by atoms with Gasteiger partial charge in [0.25, 0.3) is 0 Å². The van der Waals surface area contributed by atoms with Crippen molar-refractivity contribution in [2.24, 2.45) is 0 Å². The van der Waals surface area contributed by atoms with Crippen LogP contribution in [0.2, 0.25) is 0 Å². The van der Waals surface area contributed by atoms with Crippen LogP contribution in [-0.4, -0.2) is 16.9 Å². The normalized spacial score (nSPS) is 11.8. The van der Waals surface area contributed by atoms with Crippen LogP contribution < -0.4 is 0 Å². The number of aryl methyl sites for hydroxylation is 1. The van der Waals surface area contributed by atoms with Crippen molar-refractivity contribution in [2.75, 3.05) is 0 Å². The standard InChI is InChI=1S/C20H22O4/c1-15(21)18-12-10-16(11-13-18)8-5-9-19(22)20(23)24-14-17-6-3-2-4-7-17/h2-4,6-7,10-13,15,21H,5,8-9,14H2,1H3. The fraction of sp³-hybridized carbons (Fsp3) is 0.300. The van der Waals surface area contributed by atoms with Crippen LogP contribution in [-0.2, 0) is 27.4 Å². The van der Waals surface area contributed by atoms with Gasteiger partial charge in [-0.1, -0.05) is 54.6 Å². The minimum absolute atomic E-state index is 0.117. The van der Waals surface area contributed by atoms with Gasteiger partial charge in [0.1, 0.15) is 6.61 Å². The molecule has 2 aromatic rings. The van der Waals surface area contributed by atoms with Gasteiger partial charge in [0.15, 0.2) is 0 Å². The number of carbonyl (C=O) groups is 2. The third-order valence-corrected chi connectivity index (χ3v) is 3.77. The second kappa shape index (κ2) is 8.99. The lowest BCUT2D eigenvalue weighted by Gasteiger charge is -2.06. The quantitative estimate of drug-likeness (QED) is 0.597. The molecule has 0 aliphatic carbocycles. The summed E-state index contributed by atoms with van der Waals surface area (Å²) >= 11 is 0. The first-order valence-electron chi connectivity index (χ1n) is 8.07. The minimum atomic E-state index is -0.775. The van der Waals surface area contributed by atoms with Crippen molar-refractivity contribution in [3.63, 3.8) is 0 Å². The fourth-order valence-electron chi connectivity index (χ4n) is 2.32. The Kier molecular flexibility index (Phi) is 6.70. The largest absolute Gasteiger partial charge is 0.455 e. The summed E-state index contributed by atoms with van der Waals surface area (Å²) in [6, 6.07) is 16.9. The van der Waals surface area contributed by atoms with Crippen molar-refractivity contribution in [1.82, 2.24) is 0 Å². The molecule has 0 aliphatic rings. The molecule has 0 saturated carbocycles. The lowest BCUT2D eigenvalue weighted by molar-refractivity contribution is -0.154. The lowest BCUT2D eigenvalue weighted by atomic mass is 10.0. The van der Waals surface area contributed by atoms with E-state index in [0.29, 0.717) is 12.8 Å². The summed E-state index contributed by atoms with van der Waals surface area (Å²) in [4.78, 5) is 23.5. The molecule has 0 saturated heterocycles. The number of aliphatic hydroxyl groups excluding tert-OH is 1. The molecule has 1 atom stereocenters. The van der Waals surface area contributed by atoms with Gasteiger partial charge in [0.05, 0.1) is 6.10 Å². The van der Waals surface area contributed by atoms with E-state index in [0.717, 1.165) is 16.7 Å². The van der Waals surface area contributed by atoms with Gasteiger partial charge < -0.3 is 9.84 Å². The van der Waals surface area contributed by atoms with Gasteiger partial charge in [-0.15, -0.1) is 0 Å². The number of esters is 1. The Labute approximate surface area is 142 Å². The van der Waals surface area contributed by atoms with Crippen molar-refractivity contribution in [3.05, 3.63) is 71.3 Å². The second-order valence-electron chi connectivity index (χ2n) is 5.76. The molecular weight excluding hydrogens is 304 g/mol. The Morgan fingerprint density at radius 1 is 1.00 bits per heavy atom. The van der Waals surface area contributed by atoms with E-state index in [1.807, 2.05) is 54.6 Å². The van der Waals surface area contributed by atoms with E-state index in [9.17, 15) is 14.7 Å². The second-order valence-corrected chi connectivity index (χ2v) is 5.76. The molecule has 24 heavy (non-hydrogen) atoms. The molecule has 1 N–H and O–H groups in total. The molecule has 1 unspecified atom stereocenters. The monoisotopic (exact) mass is 326 g/mol. The minimum Gasteiger partial charge on any atom is -0.455 e. The molecule has 0 aromatic heterocycles. The maximum Gasteiger partial charge on any atom is 0.374 e. The molecule has 4 nitrogen and oxygen atoms in total. The fourth-order valence-corrected chi connectivity index (χ4v) is 2.32. The number of hydrogen-bond acceptors (Lipinski definition) is 4. The Bertz CT molecular complexity index is 660. The number of aliphatic hydroxyl groups is 1. The smallest absolute Gasteiger partial charge is 0.374 e. The summed E-state index contributed by atoms with van der Waals surface area (Å²) in [7, 11) is 0. The Hall–Kier alpha value is -2.46. The van der Waals surface area contributed by atoms with E-state index in [-0.39, 0.29) is 13.0 Å². The summed E-state index contributed by atoms with van der Waals surface area (Å²) in [5.41, 5.74) is 2.79. The van der Waals surface area contributed by atoms with Crippen molar-refractivity contribution in [1.29, 1.82) is 0 Å². The van der Waals surface area contributed by atoms with Crippen molar-refractivity contribution < 1.29 is 19.4 Å². The number of benzene rings is 2. The molecular formula is C20H22O4. The van der Waals surface area contributed by atoms with Crippen LogP contribution in [0.25, 0.3) is 0 Å². The Morgan fingerprint density at radius 2 is 1.67 bits per heavy atom. The maximum absolute atomic E-state index is 11.8. The predicted octanol–water partition coefficient (Wildman–Crippen LogP) is 3.38. The van der Waals surface area contributed by atoms with Crippen LogP contribution in [0.3, 0.4) is 0 Å². The van der Waals surface area contributed by atoms with Gasteiger partial charge >= 0.3 is 5.97 Å². The van der Waals surface area contributed by atoms with Gasteiger partial charge in [0.2, 0.25) is 5.78 Å². The van der Waals surface area contributed by atoms with Crippen molar-refractivity contribution in [3.8, 4) is 0 Å². The van der Waals surface area contributed by atoms with Gasteiger partial charge in [0, 0.05) is 6.42 Å². The third-order valence-electron chi connectivity index (χ3n) is 3.77. The zero-order valence-corrected chi connectivity index (χ0v) is 13.8. The van der Waals surface area contributed by atoms with E-state index >= 15 is 0 Å². The van der Waals surface area contributed by atoms with E-state index in [2.05, 4.69) is 0 Å². The van der Waals surface area contributed by atoms with Crippen LogP contribution in [0.5, 0.6) is 0 Å². The third kappa shape index (κ3) is 5.63. The van der Waals surface area contributed by atoms with E-state index in [1.54, 1.807) is 6.92 Å². The average molecular weight is 326 g/mol. The topological polar surface area (TPSA) is 63.6 Å². The summed E-state index contributed by atoms with van der Waals surface area (Å²) in [5, 5.41) is 9.46. The summed E-state index contributed by atoms with van der Waals surface area (Å²) in [6.45, 7) is 1.83. The Morgan fingerprint density at radius 3 is 2.29 bits per heavy atom. The summed E-state index contributed by atoms with van der Waals surface area (Å²) in [5.74, 6) is -1.27. The number of ether oxygens (including phenoxy) is 1. The van der Waals surface area contributed by atoms with Crippen LogP contribution in [0.1, 0.15) is 42.6 Å². The number of ketones is 1. The van der Waals surface area contributed by atoms with Gasteiger partial charge in [-0.3, -0.25) is 4.79 Å². The van der Waals surface area contributed by atoms with E-state index in [4.69, 9.17) is 4.74 Å². The Balaban J connectivity index is 1.71. The summed E-state index contributed by atoms with van der Waals surface area (Å²) in [6.07, 6.45) is 0.983. The zero-order chi connectivity index (χ0) is 17.4. The van der Waals surface area contributed by atoms with Crippen molar-refractivity contribution >= 4 is 11.8 Å². The van der Waals surface area contributed by atoms with Crippen LogP contribution in [0.15, 0.2) is 54.6 Å². The highest BCUT2D eigenvalue weighted by Crippen LogP contribution is 2.14. The number of hydrogen-bond donors (Lipinski definition) is 1. The number of carbonyl (C=O) groups excluding carboxylic acids is 2. The first-order valence-corrected chi connectivity index (χ1v) is 8.07. The predicted molar refractivity (Wildman–Crippen MR) is 91.3 cm³/mol. The molecule has 0 heterocycles. The molecule has 0 fully saturated rings. The molecule has 2 rings (SSSR count). The molecule has 0 radical (unpaired) electrons. The molecule has 126 valence electrons. The molecule has 0 aliphatic heterocycles. The first-order chi connectivity index (χ1) is 11.6. The molecule has 0 amide bonds. The lowest BCUT2D eigenvalue weighted by Crippen LogP contribution is -2.17. The van der Waals surface area contributed by atoms with Crippen molar-refractivity contribution in [2.45, 2.75) is 38.9 Å². The highest BCUT2D eigenvalue weighted by Gasteiger charge is 2.15. The number of rotatable bonds is 8. The van der Waals surface area contributed by atoms with E-state index in [1.165, 1.54) is 0 Å². The van der Waals surface area contributed by atoms with Crippen LogP contribution >= 0.6 is 0 Å². The summed E-state index contributed by atoms with van der Waals surface area (Å²) < 4.78 is 5.02. The van der Waals surface area contributed by atoms with Gasteiger partial charge in [-0.25, -0.2) is 4.79 Å². The molecule has 2 aromatic carbocycles. The highest BCUT2D eigenvalue weighted by molar-refractivity contribution is 6.33. The van der Waals surface area contributed by atoms with Gasteiger partial charge in [-0.2, -0.15) is 0 Å². The SMILES string of the molecule is CC(O)c1ccc(CCCC(=O)C(=O)OCc2ccccc2)cc1. The maximum atomic E-state index is 11.8.